The minimum absolute atomic E-state index is 0.000386. The van der Waals surface area contributed by atoms with E-state index in [1.54, 1.807) is 16.7 Å². The van der Waals surface area contributed by atoms with Crippen molar-refractivity contribution in [1.82, 2.24) is 9.55 Å². The summed E-state index contributed by atoms with van der Waals surface area (Å²) in [5.74, 6) is 0. The minimum Gasteiger partial charge on any atom is -0.331 e. The zero-order valence-electron chi connectivity index (χ0n) is 9.29. The minimum atomic E-state index is 0.000386. The van der Waals surface area contributed by atoms with Gasteiger partial charge in [0.25, 0.3) is 5.56 Å². The van der Waals surface area contributed by atoms with Crippen molar-refractivity contribution < 1.29 is 0 Å². The van der Waals surface area contributed by atoms with Crippen molar-refractivity contribution in [3.05, 3.63) is 37.8 Å². The number of aryl methyl sites for hydroxylation is 1. The van der Waals surface area contributed by atoms with Crippen LogP contribution in [-0.2, 0) is 0 Å². The predicted octanol–water partition coefficient (Wildman–Crippen LogP) is 3.36. The number of rotatable bonds is 1. The molecule has 17 heavy (non-hydrogen) atoms. The summed E-state index contributed by atoms with van der Waals surface area (Å²) in [6.07, 6.45) is 2.07. The Bertz CT molecular complexity index is 728. The summed E-state index contributed by atoms with van der Waals surface area (Å²) >= 11 is 11.2. The molecule has 0 saturated heterocycles. The number of nitrogens with one attached hydrogen (secondary N) is 1. The summed E-state index contributed by atoms with van der Waals surface area (Å²) in [6, 6.07) is 3.84. The van der Waals surface area contributed by atoms with Crippen molar-refractivity contribution >= 4 is 34.7 Å². The monoisotopic (exact) mass is 266 g/mol. The number of benzene rings is 1. The number of nitrogens with zero attached hydrogens (tertiary/aromatic N) is 1. The van der Waals surface area contributed by atoms with Gasteiger partial charge in [-0.1, -0.05) is 11.6 Å². The fourth-order valence-electron chi connectivity index (χ4n) is 2.18. The maximum Gasteiger partial charge on any atom is 0.262 e. The van der Waals surface area contributed by atoms with E-state index in [9.17, 15) is 4.79 Å². The van der Waals surface area contributed by atoms with Crippen molar-refractivity contribution in [2.24, 2.45) is 0 Å². The molecular formula is C12H11ClN2OS. The standard InChI is InChI=1S/C12H11ClN2OS/c1-6-4-7(13)5-9-10(6)11(16)15(8-2-3-8)12(17)14-9/h4-5,8H,2-3H2,1H3,(H,14,17). The second-order valence-corrected chi connectivity index (χ2v) is 5.30. The number of aromatic nitrogens is 2. The van der Waals surface area contributed by atoms with Crippen LogP contribution >= 0.6 is 23.8 Å². The van der Waals surface area contributed by atoms with Gasteiger partial charge in [0.1, 0.15) is 0 Å². The van der Waals surface area contributed by atoms with Gasteiger partial charge in [-0.3, -0.25) is 9.36 Å². The molecule has 0 radical (unpaired) electrons. The van der Waals surface area contributed by atoms with Crippen LogP contribution in [0.1, 0.15) is 24.4 Å². The Morgan fingerprint density at radius 2 is 2.18 bits per heavy atom. The molecule has 0 atom stereocenters. The summed E-state index contributed by atoms with van der Waals surface area (Å²) in [6.45, 7) is 1.89. The Labute approximate surface area is 108 Å². The van der Waals surface area contributed by atoms with E-state index in [-0.39, 0.29) is 11.6 Å². The Kier molecular flexibility index (Phi) is 2.38. The van der Waals surface area contributed by atoms with Gasteiger partial charge in [-0.2, -0.15) is 0 Å². The molecule has 0 amide bonds. The quantitative estimate of drug-likeness (QED) is 0.804. The lowest BCUT2D eigenvalue weighted by Crippen LogP contribution is -2.21. The molecule has 0 bridgehead atoms. The first kappa shape index (κ1) is 11.0. The number of hydrogen-bond donors (Lipinski definition) is 1. The van der Waals surface area contributed by atoms with Crippen LogP contribution in [0.3, 0.4) is 0 Å². The van der Waals surface area contributed by atoms with Gasteiger partial charge >= 0.3 is 0 Å². The van der Waals surface area contributed by atoms with Crippen LogP contribution in [0.5, 0.6) is 0 Å². The summed E-state index contributed by atoms with van der Waals surface area (Å²) in [5, 5.41) is 1.30. The first-order valence-electron chi connectivity index (χ1n) is 5.52. The van der Waals surface area contributed by atoms with Crippen molar-refractivity contribution in [3.63, 3.8) is 0 Å². The van der Waals surface area contributed by atoms with Crippen molar-refractivity contribution in [2.75, 3.05) is 0 Å². The van der Waals surface area contributed by atoms with Crippen LogP contribution in [0.25, 0.3) is 10.9 Å². The van der Waals surface area contributed by atoms with Crippen LogP contribution in [-0.4, -0.2) is 9.55 Å². The molecule has 0 unspecified atom stereocenters. The molecule has 1 aliphatic carbocycles. The molecule has 0 aliphatic heterocycles. The van der Waals surface area contributed by atoms with Gasteiger partial charge in [0.05, 0.1) is 10.9 Å². The molecule has 1 aromatic heterocycles. The van der Waals surface area contributed by atoms with E-state index in [0.717, 1.165) is 23.9 Å². The highest BCUT2D eigenvalue weighted by Gasteiger charge is 2.26. The molecule has 5 heteroatoms. The fraction of sp³-hybridized carbons (Fsp3) is 0.333. The predicted molar refractivity (Wildman–Crippen MR) is 71.4 cm³/mol. The number of hydrogen-bond acceptors (Lipinski definition) is 2. The van der Waals surface area contributed by atoms with Crippen LogP contribution in [0.4, 0.5) is 0 Å². The number of aromatic amines is 1. The van der Waals surface area contributed by atoms with Gasteiger partial charge in [-0.05, 0) is 49.7 Å². The molecule has 2 aromatic rings. The average Bonchev–Trinajstić information content (AvgIpc) is 2.99. The fourth-order valence-corrected chi connectivity index (χ4v) is 2.79. The van der Waals surface area contributed by atoms with Gasteiger partial charge in [0.15, 0.2) is 4.77 Å². The Morgan fingerprint density at radius 3 is 2.82 bits per heavy atom. The zero-order chi connectivity index (χ0) is 12.2. The molecule has 3 rings (SSSR count). The lowest BCUT2D eigenvalue weighted by atomic mass is 10.1. The van der Waals surface area contributed by atoms with Gasteiger partial charge < -0.3 is 4.98 Å². The molecule has 1 saturated carbocycles. The van der Waals surface area contributed by atoms with Crippen molar-refractivity contribution in [2.45, 2.75) is 25.8 Å². The maximum atomic E-state index is 12.4. The first-order chi connectivity index (χ1) is 8.08. The van der Waals surface area contributed by atoms with Crippen LogP contribution in [0, 0.1) is 11.7 Å². The second-order valence-electron chi connectivity index (χ2n) is 4.48. The zero-order valence-corrected chi connectivity index (χ0v) is 10.9. The number of halogens is 1. The third-order valence-corrected chi connectivity index (χ3v) is 3.62. The van der Waals surface area contributed by atoms with E-state index < -0.39 is 0 Å². The van der Waals surface area contributed by atoms with Crippen molar-refractivity contribution in [1.29, 1.82) is 0 Å². The summed E-state index contributed by atoms with van der Waals surface area (Å²) in [5.41, 5.74) is 1.61. The molecule has 88 valence electrons. The van der Waals surface area contributed by atoms with Crippen LogP contribution in [0.15, 0.2) is 16.9 Å². The van der Waals surface area contributed by atoms with Gasteiger partial charge in [-0.25, -0.2) is 0 Å². The van der Waals surface area contributed by atoms with Gasteiger partial charge in [0.2, 0.25) is 0 Å². The third kappa shape index (κ3) is 1.72. The third-order valence-electron chi connectivity index (χ3n) is 3.11. The summed E-state index contributed by atoms with van der Waals surface area (Å²) < 4.78 is 2.19. The average molecular weight is 267 g/mol. The van der Waals surface area contributed by atoms with Crippen molar-refractivity contribution in [3.8, 4) is 0 Å². The highest BCUT2D eigenvalue weighted by Crippen LogP contribution is 2.34. The lowest BCUT2D eigenvalue weighted by molar-refractivity contribution is 0.685. The Morgan fingerprint density at radius 1 is 1.47 bits per heavy atom. The summed E-state index contributed by atoms with van der Waals surface area (Å²) in [7, 11) is 0. The highest BCUT2D eigenvalue weighted by atomic mass is 35.5. The molecule has 1 heterocycles. The van der Waals surface area contributed by atoms with Crippen LogP contribution in [0.2, 0.25) is 5.02 Å². The van der Waals surface area contributed by atoms with Crippen LogP contribution < -0.4 is 5.56 Å². The molecule has 1 N–H and O–H groups in total. The maximum absolute atomic E-state index is 12.4. The van der Waals surface area contributed by atoms with E-state index in [2.05, 4.69) is 4.98 Å². The second kappa shape index (κ2) is 3.68. The molecule has 1 aliphatic rings. The van der Waals surface area contributed by atoms with Gasteiger partial charge in [-0.15, -0.1) is 0 Å². The van der Waals surface area contributed by atoms with E-state index in [1.807, 2.05) is 6.92 Å². The smallest absolute Gasteiger partial charge is 0.262 e. The highest BCUT2D eigenvalue weighted by molar-refractivity contribution is 7.71. The van der Waals surface area contributed by atoms with E-state index in [0.29, 0.717) is 15.2 Å². The molecular weight excluding hydrogens is 256 g/mol. The lowest BCUT2D eigenvalue weighted by Gasteiger charge is -2.08. The molecule has 0 spiro atoms. The topological polar surface area (TPSA) is 37.8 Å². The Hall–Kier alpha value is -1.13. The summed E-state index contributed by atoms with van der Waals surface area (Å²) in [4.78, 5) is 15.5. The largest absolute Gasteiger partial charge is 0.331 e. The van der Waals surface area contributed by atoms with E-state index in [4.69, 9.17) is 23.8 Å². The molecule has 3 nitrogen and oxygen atoms in total. The molecule has 1 aromatic carbocycles. The first-order valence-corrected chi connectivity index (χ1v) is 6.31. The normalized spacial score (nSPS) is 15.4. The van der Waals surface area contributed by atoms with E-state index in [1.165, 1.54) is 0 Å². The SMILES string of the molecule is Cc1cc(Cl)cc2[nH]c(=S)n(C3CC3)c(=O)c12. The van der Waals surface area contributed by atoms with Gasteiger partial charge in [0, 0.05) is 11.1 Å². The Balaban J connectivity index is 2.49. The number of H-pyrrole nitrogens is 1. The molecule has 1 fully saturated rings. The van der Waals surface area contributed by atoms with E-state index >= 15 is 0 Å². The number of fused-ring (bicyclic) bond motifs is 1.